The van der Waals surface area contributed by atoms with Crippen LogP contribution in [0.15, 0.2) is 24.3 Å². The molecule has 0 aromatic rings. The van der Waals surface area contributed by atoms with E-state index < -0.39 is 5.60 Å². The first-order chi connectivity index (χ1) is 5.04. The lowest BCUT2D eigenvalue weighted by molar-refractivity contribution is 0.0326. The van der Waals surface area contributed by atoms with Crippen molar-refractivity contribution in [2.45, 2.75) is 32.3 Å². The molecule has 0 aliphatic heterocycles. The molecule has 11 heavy (non-hydrogen) atoms. The molecule has 1 heteroatoms. The molecule has 1 nitrogen and oxygen atoms in total. The maximum absolute atomic E-state index is 9.94. The summed E-state index contributed by atoms with van der Waals surface area (Å²) in [5.74, 6) is 0.298. The zero-order valence-corrected chi connectivity index (χ0v) is 7.30. The van der Waals surface area contributed by atoms with Crippen LogP contribution in [0.25, 0.3) is 0 Å². The second kappa shape index (κ2) is 2.82. The second-order valence-electron chi connectivity index (χ2n) is 3.64. The molecule has 0 aromatic heterocycles. The number of allylic oxidation sites excluding steroid dienone is 2. The Kier molecular flexibility index (Phi) is 2.19. The van der Waals surface area contributed by atoms with Gasteiger partial charge in [-0.1, -0.05) is 38.2 Å². The standard InChI is InChI=1S/C10H16O/c1-8(2)10(11)6-4-9(3)5-7-10/h4,6,8,11H,3,5,7H2,1-2H3. The lowest BCUT2D eigenvalue weighted by atomic mass is 9.81. The summed E-state index contributed by atoms with van der Waals surface area (Å²) in [4.78, 5) is 0. The minimum atomic E-state index is -0.582. The van der Waals surface area contributed by atoms with Gasteiger partial charge in [0.05, 0.1) is 5.60 Å². The topological polar surface area (TPSA) is 20.2 Å². The number of hydrogen-bond acceptors (Lipinski definition) is 1. The van der Waals surface area contributed by atoms with E-state index in [1.807, 2.05) is 26.0 Å². The third-order valence-electron chi connectivity index (χ3n) is 2.45. The van der Waals surface area contributed by atoms with Gasteiger partial charge in [-0.2, -0.15) is 0 Å². The SMILES string of the molecule is C=C1C=CC(O)(C(C)C)CC1. The van der Waals surface area contributed by atoms with Crippen molar-refractivity contribution in [3.63, 3.8) is 0 Å². The van der Waals surface area contributed by atoms with E-state index in [1.54, 1.807) is 0 Å². The third kappa shape index (κ3) is 1.72. The molecule has 1 rings (SSSR count). The summed E-state index contributed by atoms with van der Waals surface area (Å²) in [5.41, 5.74) is 0.539. The fraction of sp³-hybridized carbons (Fsp3) is 0.600. The van der Waals surface area contributed by atoms with Gasteiger partial charge in [-0.05, 0) is 18.8 Å². The van der Waals surface area contributed by atoms with Crippen LogP contribution in [0.5, 0.6) is 0 Å². The van der Waals surface area contributed by atoms with Crippen LogP contribution >= 0.6 is 0 Å². The molecule has 0 radical (unpaired) electrons. The van der Waals surface area contributed by atoms with Crippen molar-refractivity contribution in [1.29, 1.82) is 0 Å². The average molecular weight is 152 g/mol. The van der Waals surface area contributed by atoms with Crippen LogP contribution in [0.2, 0.25) is 0 Å². The van der Waals surface area contributed by atoms with Crippen molar-refractivity contribution < 1.29 is 5.11 Å². The largest absolute Gasteiger partial charge is 0.386 e. The highest BCUT2D eigenvalue weighted by Gasteiger charge is 2.29. The first-order valence-electron chi connectivity index (χ1n) is 4.14. The lowest BCUT2D eigenvalue weighted by Crippen LogP contribution is -2.34. The first-order valence-corrected chi connectivity index (χ1v) is 4.14. The Hall–Kier alpha value is -0.560. The molecule has 0 amide bonds. The number of rotatable bonds is 1. The van der Waals surface area contributed by atoms with Crippen LogP contribution in [0.4, 0.5) is 0 Å². The van der Waals surface area contributed by atoms with Gasteiger partial charge in [0.25, 0.3) is 0 Å². The summed E-state index contributed by atoms with van der Waals surface area (Å²) in [6.07, 6.45) is 5.55. The quantitative estimate of drug-likeness (QED) is 0.611. The Morgan fingerprint density at radius 2 is 2.27 bits per heavy atom. The smallest absolute Gasteiger partial charge is 0.0856 e. The van der Waals surface area contributed by atoms with Crippen LogP contribution in [-0.2, 0) is 0 Å². The van der Waals surface area contributed by atoms with Crippen molar-refractivity contribution in [3.8, 4) is 0 Å². The van der Waals surface area contributed by atoms with E-state index in [4.69, 9.17) is 0 Å². The minimum absolute atomic E-state index is 0.298. The molecule has 1 N–H and O–H groups in total. The fourth-order valence-corrected chi connectivity index (χ4v) is 1.27. The molecular weight excluding hydrogens is 136 g/mol. The van der Waals surface area contributed by atoms with E-state index in [-0.39, 0.29) is 0 Å². The van der Waals surface area contributed by atoms with Crippen molar-refractivity contribution in [2.75, 3.05) is 0 Å². The summed E-state index contributed by atoms with van der Waals surface area (Å²) in [6, 6.07) is 0. The molecule has 1 atom stereocenters. The molecule has 0 heterocycles. The zero-order chi connectivity index (χ0) is 8.48. The Balaban J connectivity index is 2.75. The van der Waals surface area contributed by atoms with Gasteiger partial charge in [-0.3, -0.25) is 0 Å². The van der Waals surface area contributed by atoms with Gasteiger partial charge in [0.2, 0.25) is 0 Å². The van der Waals surface area contributed by atoms with Gasteiger partial charge in [0, 0.05) is 0 Å². The van der Waals surface area contributed by atoms with Crippen LogP contribution in [0.1, 0.15) is 26.7 Å². The molecule has 0 spiro atoms. The Bertz CT molecular complexity index is 191. The first kappa shape index (κ1) is 8.54. The van der Waals surface area contributed by atoms with E-state index in [0.29, 0.717) is 5.92 Å². The molecule has 0 fully saturated rings. The molecule has 0 saturated carbocycles. The lowest BCUT2D eigenvalue weighted by Gasteiger charge is -2.31. The maximum atomic E-state index is 9.94. The predicted octanol–water partition coefficient (Wildman–Crippen LogP) is 2.28. The van der Waals surface area contributed by atoms with Gasteiger partial charge < -0.3 is 5.11 Å². The van der Waals surface area contributed by atoms with Gasteiger partial charge in [0.15, 0.2) is 0 Å². The van der Waals surface area contributed by atoms with E-state index in [0.717, 1.165) is 18.4 Å². The molecule has 1 unspecified atom stereocenters. The molecule has 1 aliphatic rings. The molecule has 62 valence electrons. The van der Waals surface area contributed by atoms with E-state index in [2.05, 4.69) is 6.58 Å². The van der Waals surface area contributed by atoms with Crippen LogP contribution < -0.4 is 0 Å². The Morgan fingerprint density at radius 3 is 2.64 bits per heavy atom. The van der Waals surface area contributed by atoms with Gasteiger partial charge in [0.1, 0.15) is 0 Å². The molecular formula is C10H16O. The molecule has 0 saturated heterocycles. The van der Waals surface area contributed by atoms with Crippen molar-refractivity contribution in [3.05, 3.63) is 24.3 Å². The maximum Gasteiger partial charge on any atom is 0.0856 e. The summed E-state index contributed by atoms with van der Waals surface area (Å²) in [7, 11) is 0. The predicted molar refractivity (Wildman–Crippen MR) is 47.3 cm³/mol. The highest BCUT2D eigenvalue weighted by Crippen LogP contribution is 2.30. The molecule has 0 bridgehead atoms. The Labute approximate surface area is 68.4 Å². The second-order valence-corrected chi connectivity index (χ2v) is 3.64. The third-order valence-corrected chi connectivity index (χ3v) is 2.45. The van der Waals surface area contributed by atoms with Crippen molar-refractivity contribution >= 4 is 0 Å². The summed E-state index contributed by atoms with van der Waals surface area (Å²) >= 11 is 0. The molecule has 0 aromatic carbocycles. The normalized spacial score (nSPS) is 31.5. The Morgan fingerprint density at radius 1 is 1.64 bits per heavy atom. The van der Waals surface area contributed by atoms with Crippen molar-refractivity contribution in [1.82, 2.24) is 0 Å². The van der Waals surface area contributed by atoms with Gasteiger partial charge in [-0.25, -0.2) is 0 Å². The average Bonchev–Trinajstić information content (AvgIpc) is 1.95. The van der Waals surface area contributed by atoms with Crippen LogP contribution in [-0.4, -0.2) is 10.7 Å². The summed E-state index contributed by atoms with van der Waals surface area (Å²) in [6.45, 7) is 7.92. The highest BCUT2D eigenvalue weighted by atomic mass is 16.3. The summed E-state index contributed by atoms with van der Waals surface area (Å²) < 4.78 is 0. The zero-order valence-electron chi connectivity index (χ0n) is 7.30. The highest BCUT2D eigenvalue weighted by molar-refractivity contribution is 5.23. The number of aliphatic hydroxyl groups is 1. The van der Waals surface area contributed by atoms with E-state index >= 15 is 0 Å². The fourth-order valence-electron chi connectivity index (χ4n) is 1.27. The van der Waals surface area contributed by atoms with E-state index in [1.165, 1.54) is 0 Å². The minimum Gasteiger partial charge on any atom is -0.386 e. The van der Waals surface area contributed by atoms with E-state index in [9.17, 15) is 5.11 Å². The monoisotopic (exact) mass is 152 g/mol. The van der Waals surface area contributed by atoms with Crippen LogP contribution in [0.3, 0.4) is 0 Å². The van der Waals surface area contributed by atoms with Gasteiger partial charge >= 0.3 is 0 Å². The van der Waals surface area contributed by atoms with Gasteiger partial charge in [-0.15, -0.1) is 0 Å². The van der Waals surface area contributed by atoms with Crippen LogP contribution in [0, 0.1) is 5.92 Å². The molecule has 1 aliphatic carbocycles. The number of hydrogen-bond donors (Lipinski definition) is 1. The summed E-state index contributed by atoms with van der Waals surface area (Å²) in [5, 5.41) is 9.94. The van der Waals surface area contributed by atoms with Crippen molar-refractivity contribution in [2.24, 2.45) is 5.92 Å².